The molecule has 0 radical (unpaired) electrons. The van der Waals surface area contributed by atoms with Gasteiger partial charge in [0.25, 0.3) is 10.0 Å². The van der Waals surface area contributed by atoms with Gasteiger partial charge in [-0.05, 0) is 24.3 Å². The first kappa shape index (κ1) is 18.4. The molecule has 26 heavy (non-hydrogen) atoms. The molecule has 8 heteroatoms. The van der Waals surface area contributed by atoms with Crippen LogP contribution in [-0.2, 0) is 14.8 Å². The molecular formula is C18H15ClFNO4S. The number of halogens is 2. The number of nitrogens with zero attached hydrogens (tertiary/aromatic N) is 1. The Morgan fingerprint density at radius 1 is 1.19 bits per heavy atom. The highest BCUT2D eigenvalue weighted by Crippen LogP contribution is 2.34. The monoisotopic (exact) mass is 395 g/mol. The van der Waals surface area contributed by atoms with E-state index in [1.807, 2.05) is 0 Å². The van der Waals surface area contributed by atoms with E-state index in [0.717, 1.165) is 16.2 Å². The van der Waals surface area contributed by atoms with Crippen LogP contribution in [0.3, 0.4) is 0 Å². The number of hydrogen-bond acceptors (Lipinski definition) is 4. The molecule has 0 aliphatic heterocycles. The highest BCUT2D eigenvalue weighted by atomic mass is 35.5. The molecule has 0 bridgehead atoms. The summed E-state index contributed by atoms with van der Waals surface area (Å²) in [6, 6.07) is 9.99. The number of esters is 1. The first-order valence-electron chi connectivity index (χ1n) is 7.74. The topological polar surface area (TPSA) is 65.4 Å². The quantitative estimate of drug-likeness (QED) is 0.620. The predicted molar refractivity (Wildman–Crippen MR) is 96.4 cm³/mol. The van der Waals surface area contributed by atoms with Crippen LogP contribution in [0.15, 0.2) is 53.6 Å². The van der Waals surface area contributed by atoms with Crippen molar-refractivity contribution in [3.63, 3.8) is 0 Å². The van der Waals surface area contributed by atoms with Gasteiger partial charge in [0.2, 0.25) is 0 Å². The van der Waals surface area contributed by atoms with Crippen molar-refractivity contribution in [3.05, 3.63) is 59.5 Å². The second-order valence-corrected chi connectivity index (χ2v) is 8.19. The summed E-state index contributed by atoms with van der Waals surface area (Å²) in [5.74, 6) is -1.78. The average molecular weight is 396 g/mol. The van der Waals surface area contributed by atoms with Gasteiger partial charge in [-0.25, -0.2) is 16.8 Å². The molecular weight excluding hydrogens is 381 g/mol. The van der Waals surface area contributed by atoms with Gasteiger partial charge in [-0.3, -0.25) is 4.79 Å². The van der Waals surface area contributed by atoms with Gasteiger partial charge in [0.15, 0.2) is 5.75 Å². The van der Waals surface area contributed by atoms with Gasteiger partial charge in [-0.15, -0.1) is 0 Å². The Morgan fingerprint density at radius 3 is 2.46 bits per heavy atom. The van der Waals surface area contributed by atoms with E-state index in [2.05, 4.69) is 0 Å². The van der Waals surface area contributed by atoms with Gasteiger partial charge < -0.3 is 4.74 Å². The lowest BCUT2D eigenvalue weighted by Gasteiger charge is -2.07. The fraction of sp³-hybridized carbons (Fsp3) is 0.167. The minimum atomic E-state index is -3.99. The highest BCUT2D eigenvalue weighted by molar-refractivity contribution is 7.90. The van der Waals surface area contributed by atoms with Crippen molar-refractivity contribution in [2.24, 2.45) is 5.92 Å². The zero-order valence-corrected chi connectivity index (χ0v) is 15.5. The number of carbonyl (C=O) groups excluding carboxylic acids is 1. The Balaban J connectivity index is 2.26. The Morgan fingerprint density at radius 2 is 1.85 bits per heavy atom. The van der Waals surface area contributed by atoms with Crippen molar-refractivity contribution in [2.45, 2.75) is 18.7 Å². The van der Waals surface area contributed by atoms with Crippen molar-refractivity contribution in [1.29, 1.82) is 0 Å². The van der Waals surface area contributed by atoms with Crippen molar-refractivity contribution in [1.82, 2.24) is 3.97 Å². The van der Waals surface area contributed by atoms with Crippen molar-refractivity contribution in [3.8, 4) is 5.75 Å². The summed E-state index contributed by atoms with van der Waals surface area (Å²) in [5.41, 5.74) is 0.117. The van der Waals surface area contributed by atoms with E-state index in [0.29, 0.717) is 0 Å². The molecule has 1 aromatic heterocycles. The SMILES string of the molecule is CC(C)C(=O)Oc1cn(S(=O)(=O)c2ccccc2)c2cc(Cl)c(F)cc12. The molecule has 0 saturated heterocycles. The van der Waals surface area contributed by atoms with E-state index in [9.17, 15) is 17.6 Å². The summed E-state index contributed by atoms with van der Waals surface area (Å²) >= 11 is 5.83. The van der Waals surface area contributed by atoms with Gasteiger partial charge >= 0.3 is 5.97 Å². The summed E-state index contributed by atoms with van der Waals surface area (Å²) in [6.07, 6.45) is 1.16. The molecule has 2 aromatic carbocycles. The Bertz CT molecular complexity index is 1090. The second kappa shape index (κ2) is 6.74. The summed E-state index contributed by atoms with van der Waals surface area (Å²) in [6.45, 7) is 3.28. The number of hydrogen-bond donors (Lipinski definition) is 0. The summed E-state index contributed by atoms with van der Waals surface area (Å²) in [4.78, 5) is 12.0. The van der Waals surface area contributed by atoms with Crippen molar-refractivity contribution in [2.75, 3.05) is 0 Å². The van der Waals surface area contributed by atoms with Crippen LogP contribution in [0.5, 0.6) is 5.75 Å². The highest BCUT2D eigenvalue weighted by Gasteiger charge is 2.24. The van der Waals surface area contributed by atoms with Gasteiger partial charge in [-0.1, -0.05) is 43.6 Å². The van der Waals surface area contributed by atoms with Crippen LogP contribution in [0.1, 0.15) is 13.8 Å². The minimum Gasteiger partial charge on any atom is -0.424 e. The summed E-state index contributed by atoms with van der Waals surface area (Å²) < 4.78 is 46.0. The summed E-state index contributed by atoms with van der Waals surface area (Å²) in [5, 5.41) is -0.0951. The maximum Gasteiger partial charge on any atom is 0.313 e. The second-order valence-electron chi connectivity index (χ2n) is 5.97. The lowest BCUT2D eigenvalue weighted by molar-refractivity contribution is -0.137. The maximum absolute atomic E-state index is 13.9. The van der Waals surface area contributed by atoms with Crippen LogP contribution in [0, 0.1) is 11.7 Å². The maximum atomic E-state index is 13.9. The lowest BCUT2D eigenvalue weighted by Crippen LogP contribution is -2.15. The molecule has 0 aliphatic rings. The van der Waals surface area contributed by atoms with E-state index < -0.39 is 27.7 Å². The van der Waals surface area contributed by atoms with E-state index in [1.54, 1.807) is 32.0 Å². The first-order chi connectivity index (χ1) is 12.2. The largest absolute Gasteiger partial charge is 0.424 e. The molecule has 0 spiro atoms. The number of benzene rings is 2. The molecule has 3 rings (SSSR count). The van der Waals surface area contributed by atoms with Gasteiger partial charge in [0.1, 0.15) is 5.82 Å². The van der Waals surface area contributed by atoms with E-state index in [4.69, 9.17) is 16.3 Å². The van der Waals surface area contributed by atoms with Crippen LogP contribution >= 0.6 is 11.6 Å². The number of aromatic nitrogens is 1. The van der Waals surface area contributed by atoms with Crippen molar-refractivity contribution < 1.29 is 22.3 Å². The zero-order chi connectivity index (χ0) is 19.1. The zero-order valence-electron chi connectivity index (χ0n) is 13.9. The Kier molecular flexibility index (Phi) is 4.77. The van der Waals surface area contributed by atoms with E-state index in [1.165, 1.54) is 18.2 Å². The van der Waals surface area contributed by atoms with E-state index in [-0.39, 0.29) is 26.6 Å². The van der Waals surface area contributed by atoms with E-state index >= 15 is 0 Å². The molecule has 0 N–H and O–H groups in total. The fourth-order valence-electron chi connectivity index (χ4n) is 2.37. The third kappa shape index (κ3) is 3.20. The van der Waals surface area contributed by atoms with Gasteiger partial charge in [0, 0.05) is 5.39 Å². The van der Waals surface area contributed by atoms with Crippen molar-refractivity contribution >= 4 is 38.5 Å². The molecule has 3 aromatic rings. The molecule has 5 nitrogen and oxygen atoms in total. The number of rotatable bonds is 4. The normalized spacial score (nSPS) is 11.9. The van der Waals surface area contributed by atoms with Gasteiger partial charge in [0.05, 0.1) is 27.5 Å². The minimum absolute atomic E-state index is 0.0408. The molecule has 136 valence electrons. The smallest absolute Gasteiger partial charge is 0.313 e. The molecule has 0 fully saturated rings. The molecule has 0 saturated carbocycles. The predicted octanol–water partition coefficient (Wildman–Crippen LogP) is 4.23. The fourth-order valence-corrected chi connectivity index (χ4v) is 3.90. The molecule has 0 unspecified atom stereocenters. The van der Waals surface area contributed by atoms with Crippen LogP contribution in [0.4, 0.5) is 4.39 Å². The Labute approximate surface area is 155 Å². The molecule has 0 atom stereocenters. The standard InChI is InChI=1S/C18H15ClFNO4S/c1-11(2)18(22)25-17-10-21(16-9-14(19)15(20)8-13(16)17)26(23,24)12-6-4-3-5-7-12/h3-11H,1-2H3. The Hall–Kier alpha value is -2.38. The van der Waals surface area contributed by atoms with Crippen LogP contribution in [-0.4, -0.2) is 18.4 Å². The third-order valence-electron chi connectivity index (χ3n) is 3.76. The summed E-state index contributed by atoms with van der Waals surface area (Å²) in [7, 11) is -3.99. The molecule has 0 amide bonds. The number of ether oxygens (including phenoxy) is 1. The lowest BCUT2D eigenvalue weighted by atomic mass is 10.2. The number of fused-ring (bicyclic) bond motifs is 1. The van der Waals surface area contributed by atoms with Crippen LogP contribution < -0.4 is 4.74 Å². The number of carbonyl (C=O) groups is 1. The molecule has 0 aliphatic carbocycles. The third-order valence-corrected chi connectivity index (χ3v) is 5.74. The van der Waals surface area contributed by atoms with Crippen LogP contribution in [0.25, 0.3) is 10.9 Å². The average Bonchev–Trinajstić information content (AvgIpc) is 2.94. The first-order valence-corrected chi connectivity index (χ1v) is 9.56. The molecule has 1 heterocycles. The van der Waals surface area contributed by atoms with Gasteiger partial charge in [-0.2, -0.15) is 0 Å². The van der Waals surface area contributed by atoms with Crippen LogP contribution in [0.2, 0.25) is 5.02 Å².